The van der Waals surface area contributed by atoms with Crippen molar-refractivity contribution in [2.45, 2.75) is 104 Å². The summed E-state index contributed by atoms with van der Waals surface area (Å²) < 4.78 is 5.91. The van der Waals surface area contributed by atoms with E-state index in [1.807, 2.05) is 83.5 Å². The SMILES string of the molecule is Cc1ncsc1-c1ccc([C@H](C)NC(=O)[C@@H]2C[C@@H](O)CN2C(=O)[C@@H](NC(=O)CCCc2cccc(OC[C@@H](C)CCC(N)=O)c2Cl)C(C)(C)C)cc1. The number of aliphatic hydroxyl groups excluding tert-OH is 1. The Morgan fingerprint density at radius 2 is 1.81 bits per heavy atom. The molecule has 0 radical (unpaired) electrons. The van der Waals surface area contributed by atoms with Crippen molar-refractivity contribution in [3.63, 3.8) is 0 Å². The van der Waals surface area contributed by atoms with Gasteiger partial charge in [-0.05, 0) is 67.2 Å². The van der Waals surface area contributed by atoms with Gasteiger partial charge in [0.2, 0.25) is 23.6 Å². The maximum Gasteiger partial charge on any atom is 0.246 e. The van der Waals surface area contributed by atoms with Crippen molar-refractivity contribution in [2.75, 3.05) is 13.2 Å². The summed E-state index contributed by atoms with van der Waals surface area (Å²) in [6.45, 7) is 11.8. The quantitative estimate of drug-likeness (QED) is 0.145. The fourth-order valence-corrected chi connectivity index (χ4v) is 7.34. The van der Waals surface area contributed by atoms with Crippen molar-refractivity contribution in [1.82, 2.24) is 20.5 Å². The van der Waals surface area contributed by atoms with Gasteiger partial charge >= 0.3 is 0 Å². The van der Waals surface area contributed by atoms with Crippen molar-refractivity contribution in [2.24, 2.45) is 17.1 Å². The number of likely N-dealkylation sites (tertiary alicyclic amines) is 1. The topological polar surface area (TPSA) is 164 Å². The molecule has 0 spiro atoms. The number of primary amides is 1. The van der Waals surface area contributed by atoms with Crippen LogP contribution in [-0.2, 0) is 25.6 Å². The molecule has 4 amide bonds. The molecule has 1 aromatic heterocycles. The number of rotatable bonds is 16. The summed E-state index contributed by atoms with van der Waals surface area (Å²) in [5.74, 6) is -0.759. The number of ether oxygens (including phenoxy) is 1. The molecule has 3 aromatic rings. The fourth-order valence-electron chi connectivity index (χ4n) is 6.25. The Morgan fingerprint density at radius 3 is 2.44 bits per heavy atom. The van der Waals surface area contributed by atoms with Crippen LogP contribution in [0.2, 0.25) is 5.02 Å². The van der Waals surface area contributed by atoms with Crippen LogP contribution in [0, 0.1) is 18.3 Å². The Bertz CT molecular complexity index is 1710. The summed E-state index contributed by atoms with van der Waals surface area (Å²) >= 11 is 8.21. The minimum atomic E-state index is -0.919. The van der Waals surface area contributed by atoms with Gasteiger partial charge in [0, 0.05) is 25.8 Å². The molecule has 5 N–H and O–H groups in total. The summed E-state index contributed by atoms with van der Waals surface area (Å²) in [7, 11) is 0. The maximum absolute atomic E-state index is 14.0. The van der Waals surface area contributed by atoms with Gasteiger partial charge in [-0.25, -0.2) is 4.98 Å². The molecule has 11 nitrogen and oxygen atoms in total. The third kappa shape index (κ3) is 11.0. The number of benzene rings is 2. The lowest BCUT2D eigenvalue weighted by Gasteiger charge is -2.35. The van der Waals surface area contributed by atoms with Crippen molar-refractivity contribution in [3.05, 3.63) is 69.8 Å². The van der Waals surface area contributed by atoms with Crippen LogP contribution in [0.1, 0.15) is 89.6 Å². The van der Waals surface area contributed by atoms with E-state index in [4.69, 9.17) is 22.1 Å². The van der Waals surface area contributed by atoms with E-state index in [-0.39, 0.29) is 49.1 Å². The monoisotopic (exact) mass is 753 g/mol. The maximum atomic E-state index is 14.0. The van der Waals surface area contributed by atoms with E-state index in [9.17, 15) is 24.3 Å². The second-order valence-electron chi connectivity index (χ2n) is 14.9. The molecule has 1 saturated heterocycles. The zero-order valence-electron chi connectivity index (χ0n) is 30.9. The van der Waals surface area contributed by atoms with Crippen molar-refractivity contribution in [3.8, 4) is 16.2 Å². The molecule has 13 heteroatoms. The third-order valence-electron chi connectivity index (χ3n) is 9.36. The van der Waals surface area contributed by atoms with Gasteiger partial charge in [-0.1, -0.05) is 75.7 Å². The summed E-state index contributed by atoms with van der Waals surface area (Å²) in [5.41, 5.74) is 10.1. The molecule has 0 saturated carbocycles. The van der Waals surface area contributed by atoms with Crippen molar-refractivity contribution < 1.29 is 29.0 Å². The summed E-state index contributed by atoms with van der Waals surface area (Å²) in [6, 6.07) is 11.3. The molecule has 1 fully saturated rings. The normalized spacial score (nSPS) is 17.7. The first-order valence-corrected chi connectivity index (χ1v) is 19.1. The number of aromatic nitrogens is 1. The minimum Gasteiger partial charge on any atom is -0.492 e. The molecule has 0 unspecified atom stereocenters. The highest BCUT2D eigenvalue weighted by Crippen LogP contribution is 2.31. The summed E-state index contributed by atoms with van der Waals surface area (Å²) in [4.78, 5) is 58.8. The molecular weight excluding hydrogens is 702 g/mol. The Morgan fingerprint density at radius 1 is 1.10 bits per heavy atom. The third-order valence-corrected chi connectivity index (χ3v) is 10.8. The molecule has 52 heavy (non-hydrogen) atoms. The standard InChI is InChI=1S/C39H52ClN5O6S/c1-23(13-18-32(41)47)21-51-31-11-7-9-27(34(31)40)10-8-12-33(48)44-36(39(4,5)6)38(50)45-20-29(46)19-30(45)37(49)43-24(2)26-14-16-28(17-15-26)35-25(3)42-22-52-35/h7,9,11,14-17,22-24,29-30,36,46H,8,10,12-13,18-21H2,1-6H3,(H2,41,47)(H,43,49)(H,44,48)/t23-,24-,29+,30-,36+/m0/s1. The molecular formula is C39H52ClN5O6S. The predicted octanol–water partition coefficient (Wildman–Crippen LogP) is 5.75. The van der Waals surface area contributed by atoms with Crippen LogP contribution in [-0.4, -0.2) is 70.0 Å². The van der Waals surface area contributed by atoms with E-state index < -0.39 is 29.5 Å². The van der Waals surface area contributed by atoms with Gasteiger partial charge in [0.05, 0.1) is 39.9 Å². The van der Waals surface area contributed by atoms with Crippen molar-refractivity contribution in [1.29, 1.82) is 0 Å². The Kier molecular flexibility index (Phi) is 14.2. The molecule has 2 aromatic carbocycles. The lowest BCUT2D eigenvalue weighted by Crippen LogP contribution is -2.57. The highest BCUT2D eigenvalue weighted by Gasteiger charge is 2.44. The lowest BCUT2D eigenvalue weighted by molar-refractivity contribution is -0.144. The average Bonchev–Trinajstić information content (AvgIpc) is 3.70. The number of nitrogens with zero attached hydrogens (tertiary/aromatic N) is 2. The van der Waals surface area contributed by atoms with E-state index in [1.165, 1.54) is 4.90 Å². The molecule has 1 aliphatic rings. The van der Waals surface area contributed by atoms with Gasteiger partial charge in [-0.2, -0.15) is 0 Å². The molecule has 4 rings (SSSR count). The van der Waals surface area contributed by atoms with Crippen LogP contribution in [0.4, 0.5) is 0 Å². The first-order chi connectivity index (χ1) is 24.5. The number of carbonyl (C=O) groups is 4. The van der Waals surface area contributed by atoms with Gasteiger partial charge < -0.3 is 31.1 Å². The largest absolute Gasteiger partial charge is 0.492 e. The van der Waals surface area contributed by atoms with E-state index in [0.29, 0.717) is 43.1 Å². The Hall–Kier alpha value is -4.00. The fraction of sp³-hybridized carbons (Fsp3) is 0.513. The van der Waals surface area contributed by atoms with Crippen LogP contribution in [0.15, 0.2) is 48.0 Å². The number of hydrogen-bond donors (Lipinski definition) is 4. The van der Waals surface area contributed by atoms with Crippen LogP contribution < -0.4 is 21.1 Å². The van der Waals surface area contributed by atoms with Crippen LogP contribution in [0.3, 0.4) is 0 Å². The van der Waals surface area contributed by atoms with Gasteiger partial charge in [-0.15, -0.1) is 11.3 Å². The summed E-state index contributed by atoms with van der Waals surface area (Å²) in [6.07, 6.45) is 1.30. The Balaban J connectivity index is 1.34. The number of thiazole rings is 1. The van der Waals surface area contributed by atoms with E-state index >= 15 is 0 Å². The number of β-amino-alcohol motifs (C(OH)–C–C–N with tert-alkyl or cyclic N) is 1. The number of nitrogens with one attached hydrogen (secondary N) is 2. The molecule has 282 valence electrons. The van der Waals surface area contributed by atoms with E-state index in [2.05, 4.69) is 15.6 Å². The van der Waals surface area contributed by atoms with Crippen LogP contribution in [0.5, 0.6) is 5.75 Å². The molecule has 1 aliphatic heterocycles. The van der Waals surface area contributed by atoms with Crippen molar-refractivity contribution >= 4 is 46.6 Å². The number of halogens is 1. The smallest absolute Gasteiger partial charge is 0.246 e. The van der Waals surface area contributed by atoms with Gasteiger partial charge in [-0.3, -0.25) is 19.2 Å². The van der Waals surface area contributed by atoms with Gasteiger partial charge in [0.15, 0.2) is 0 Å². The van der Waals surface area contributed by atoms with Crippen LogP contribution in [0.25, 0.3) is 10.4 Å². The average molecular weight is 754 g/mol. The Labute approximate surface area is 315 Å². The zero-order chi connectivity index (χ0) is 38.2. The predicted molar refractivity (Wildman–Crippen MR) is 204 cm³/mol. The minimum absolute atomic E-state index is 0.00250. The molecule has 0 aliphatic carbocycles. The van der Waals surface area contributed by atoms with E-state index in [1.54, 1.807) is 17.4 Å². The van der Waals surface area contributed by atoms with Gasteiger partial charge in [0.25, 0.3) is 0 Å². The summed E-state index contributed by atoms with van der Waals surface area (Å²) in [5, 5.41) is 17.0. The number of carbonyl (C=O) groups excluding carboxylic acids is 4. The number of aliphatic hydroxyl groups is 1. The zero-order valence-corrected chi connectivity index (χ0v) is 32.5. The number of amides is 4. The number of nitrogens with two attached hydrogens (primary N) is 1. The second kappa shape index (κ2) is 18.2. The van der Waals surface area contributed by atoms with Crippen LogP contribution >= 0.6 is 22.9 Å². The molecule has 2 heterocycles. The second-order valence-corrected chi connectivity index (χ2v) is 16.1. The first-order valence-electron chi connectivity index (χ1n) is 17.8. The highest BCUT2D eigenvalue weighted by molar-refractivity contribution is 7.13. The van der Waals surface area contributed by atoms with Gasteiger partial charge in [0.1, 0.15) is 17.8 Å². The number of aryl methyl sites for hydroxylation is 2. The molecule has 0 bridgehead atoms. The molecule has 5 atom stereocenters. The first kappa shape index (κ1) is 40.8. The highest BCUT2D eigenvalue weighted by atomic mass is 35.5. The number of hydrogen-bond acceptors (Lipinski definition) is 8. The van der Waals surface area contributed by atoms with E-state index in [0.717, 1.165) is 27.3 Å². The lowest BCUT2D eigenvalue weighted by atomic mass is 9.85.